The van der Waals surface area contributed by atoms with Crippen molar-refractivity contribution in [1.82, 2.24) is 10.6 Å². The van der Waals surface area contributed by atoms with Crippen molar-refractivity contribution in [2.45, 2.75) is 58.3 Å². The molecular weight excluding hydrogens is 233 g/mol. The first kappa shape index (κ1) is 16.2. The van der Waals surface area contributed by atoms with Crippen molar-refractivity contribution in [3.63, 3.8) is 0 Å². The first-order valence-corrected chi connectivity index (χ1v) is 5.80. The summed E-state index contributed by atoms with van der Waals surface area (Å²) in [4.78, 5) is 11.3. The molecule has 0 bridgehead atoms. The van der Waals surface area contributed by atoms with Crippen molar-refractivity contribution in [2.24, 2.45) is 0 Å². The maximum Gasteiger partial charge on any atom is 0.391 e. The molecule has 1 amide bonds. The Labute approximate surface area is 100 Å². The summed E-state index contributed by atoms with van der Waals surface area (Å²) in [5.74, 6) is -0.327. The molecule has 0 aromatic carbocycles. The van der Waals surface area contributed by atoms with Crippen LogP contribution in [0.15, 0.2) is 0 Å². The second kappa shape index (κ2) is 7.53. The van der Waals surface area contributed by atoms with Gasteiger partial charge in [-0.25, -0.2) is 0 Å². The molecule has 17 heavy (non-hydrogen) atoms. The van der Waals surface area contributed by atoms with Gasteiger partial charge < -0.3 is 10.6 Å². The van der Waals surface area contributed by atoms with Gasteiger partial charge >= 0.3 is 6.18 Å². The highest BCUT2D eigenvalue weighted by Gasteiger charge is 2.30. The number of nitrogens with one attached hydrogen (secondary N) is 2. The van der Waals surface area contributed by atoms with Crippen LogP contribution in [0.25, 0.3) is 0 Å². The lowest BCUT2D eigenvalue weighted by molar-refractivity contribution is -0.141. The number of hydrogen-bond donors (Lipinski definition) is 2. The van der Waals surface area contributed by atoms with Crippen LogP contribution in [0.5, 0.6) is 0 Å². The van der Waals surface area contributed by atoms with Crippen molar-refractivity contribution >= 4 is 5.91 Å². The van der Waals surface area contributed by atoms with Crippen LogP contribution in [0.3, 0.4) is 0 Å². The van der Waals surface area contributed by atoms with E-state index in [9.17, 15) is 18.0 Å². The lowest BCUT2D eigenvalue weighted by atomic mass is 10.2. The molecule has 0 aromatic heterocycles. The number of amides is 1. The van der Waals surface area contributed by atoms with Gasteiger partial charge in [0.15, 0.2) is 0 Å². The van der Waals surface area contributed by atoms with Crippen molar-refractivity contribution < 1.29 is 18.0 Å². The van der Waals surface area contributed by atoms with E-state index in [4.69, 9.17) is 0 Å². The number of alkyl halides is 3. The minimum atomic E-state index is -4.23. The summed E-state index contributed by atoms with van der Waals surface area (Å²) in [6, 6.07) is -0.511. The van der Waals surface area contributed by atoms with E-state index in [1.165, 1.54) is 6.92 Å². The fraction of sp³-hybridized carbons (Fsp3) is 0.909. The zero-order chi connectivity index (χ0) is 13.5. The molecule has 1 unspecified atom stereocenters. The van der Waals surface area contributed by atoms with E-state index in [-0.39, 0.29) is 12.3 Å². The van der Waals surface area contributed by atoms with E-state index in [2.05, 4.69) is 10.6 Å². The maximum absolute atomic E-state index is 12.0. The normalized spacial score (nSPS) is 13.8. The topological polar surface area (TPSA) is 41.1 Å². The first-order valence-electron chi connectivity index (χ1n) is 5.80. The SMILES string of the molecule is CC(C)NCCCC(=O)NC(C)CC(F)(F)F. The largest absolute Gasteiger partial charge is 0.391 e. The van der Waals surface area contributed by atoms with Gasteiger partial charge in [-0.3, -0.25) is 4.79 Å². The Morgan fingerprint density at radius 2 is 1.82 bits per heavy atom. The number of carbonyl (C=O) groups is 1. The van der Waals surface area contributed by atoms with Crippen LogP contribution in [0.4, 0.5) is 13.2 Å². The van der Waals surface area contributed by atoms with Gasteiger partial charge in [-0.05, 0) is 19.9 Å². The molecule has 0 saturated heterocycles. The molecule has 0 radical (unpaired) electrons. The summed E-state index contributed by atoms with van der Waals surface area (Å²) in [6.07, 6.45) is -4.33. The van der Waals surface area contributed by atoms with Crippen LogP contribution in [0, 0.1) is 0 Å². The van der Waals surface area contributed by atoms with E-state index in [0.29, 0.717) is 19.0 Å². The van der Waals surface area contributed by atoms with Crippen LogP contribution < -0.4 is 10.6 Å². The molecule has 0 fully saturated rings. The van der Waals surface area contributed by atoms with E-state index >= 15 is 0 Å². The predicted octanol–water partition coefficient (Wildman–Crippen LogP) is 2.22. The third kappa shape index (κ3) is 11.5. The summed E-state index contributed by atoms with van der Waals surface area (Å²) in [5, 5.41) is 5.47. The highest BCUT2D eigenvalue weighted by atomic mass is 19.4. The van der Waals surface area contributed by atoms with Gasteiger partial charge in [-0.1, -0.05) is 13.8 Å². The number of hydrogen-bond acceptors (Lipinski definition) is 2. The van der Waals surface area contributed by atoms with Crippen LogP contribution in [0.1, 0.15) is 40.0 Å². The summed E-state index contributed by atoms with van der Waals surface area (Å²) >= 11 is 0. The zero-order valence-electron chi connectivity index (χ0n) is 10.5. The van der Waals surface area contributed by atoms with Crippen LogP contribution in [-0.2, 0) is 4.79 Å². The van der Waals surface area contributed by atoms with E-state index in [1.807, 2.05) is 13.8 Å². The highest BCUT2D eigenvalue weighted by molar-refractivity contribution is 5.76. The number of rotatable bonds is 7. The standard InChI is InChI=1S/C11H21F3N2O/c1-8(2)15-6-4-5-10(17)16-9(3)7-11(12,13)14/h8-9,15H,4-7H2,1-3H3,(H,16,17). The molecule has 0 saturated carbocycles. The summed E-state index contributed by atoms with van der Waals surface area (Å²) < 4.78 is 36.0. The monoisotopic (exact) mass is 254 g/mol. The molecular formula is C11H21F3N2O. The highest BCUT2D eigenvalue weighted by Crippen LogP contribution is 2.21. The van der Waals surface area contributed by atoms with Crippen LogP contribution in [-0.4, -0.2) is 30.7 Å². The van der Waals surface area contributed by atoms with Crippen molar-refractivity contribution in [3.8, 4) is 0 Å². The zero-order valence-corrected chi connectivity index (χ0v) is 10.5. The molecule has 102 valence electrons. The average Bonchev–Trinajstić information content (AvgIpc) is 2.08. The summed E-state index contributed by atoms with van der Waals surface area (Å²) in [5.41, 5.74) is 0. The molecule has 0 aromatic rings. The quantitative estimate of drug-likeness (QED) is 0.684. The van der Waals surface area contributed by atoms with Gasteiger partial charge in [0, 0.05) is 18.5 Å². The second-order valence-electron chi connectivity index (χ2n) is 4.50. The van der Waals surface area contributed by atoms with Crippen molar-refractivity contribution in [1.29, 1.82) is 0 Å². The fourth-order valence-corrected chi connectivity index (χ4v) is 1.38. The van der Waals surface area contributed by atoms with Gasteiger partial charge in [0.1, 0.15) is 0 Å². The van der Waals surface area contributed by atoms with Crippen molar-refractivity contribution in [2.75, 3.05) is 6.54 Å². The second-order valence-corrected chi connectivity index (χ2v) is 4.50. The molecule has 0 aliphatic rings. The Bertz CT molecular complexity index is 229. The minimum Gasteiger partial charge on any atom is -0.353 e. The predicted molar refractivity (Wildman–Crippen MR) is 60.6 cm³/mol. The van der Waals surface area contributed by atoms with Gasteiger partial charge in [0.2, 0.25) is 5.91 Å². The lowest BCUT2D eigenvalue weighted by Gasteiger charge is -2.16. The lowest BCUT2D eigenvalue weighted by Crippen LogP contribution is -2.36. The van der Waals surface area contributed by atoms with Crippen molar-refractivity contribution in [3.05, 3.63) is 0 Å². The average molecular weight is 254 g/mol. The smallest absolute Gasteiger partial charge is 0.353 e. The van der Waals surface area contributed by atoms with Gasteiger partial charge in [-0.15, -0.1) is 0 Å². The van der Waals surface area contributed by atoms with Gasteiger partial charge in [-0.2, -0.15) is 13.2 Å². The molecule has 0 aliphatic heterocycles. The molecule has 0 spiro atoms. The molecule has 0 rings (SSSR count). The Balaban J connectivity index is 3.65. The van der Waals surface area contributed by atoms with Crippen LogP contribution in [0.2, 0.25) is 0 Å². The van der Waals surface area contributed by atoms with E-state index < -0.39 is 18.6 Å². The Hall–Kier alpha value is -0.780. The Morgan fingerprint density at radius 1 is 1.24 bits per heavy atom. The van der Waals surface area contributed by atoms with Gasteiger partial charge in [0.05, 0.1) is 6.42 Å². The van der Waals surface area contributed by atoms with Crippen LogP contribution >= 0.6 is 0 Å². The molecule has 1 atom stereocenters. The third-order valence-electron chi connectivity index (χ3n) is 2.08. The minimum absolute atomic E-state index is 0.252. The summed E-state index contributed by atoms with van der Waals surface area (Å²) in [6.45, 7) is 6.04. The van der Waals surface area contributed by atoms with Gasteiger partial charge in [0.25, 0.3) is 0 Å². The Morgan fingerprint density at radius 3 is 2.29 bits per heavy atom. The maximum atomic E-state index is 12.0. The number of halogens is 3. The van der Waals surface area contributed by atoms with E-state index in [0.717, 1.165) is 0 Å². The Kier molecular flexibility index (Phi) is 7.18. The number of carbonyl (C=O) groups excluding carboxylic acids is 1. The molecule has 6 heteroatoms. The molecule has 3 nitrogen and oxygen atoms in total. The molecule has 2 N–H and O–H groups in total. The third-order valence-corrected chi connectivity index (χ3v) is 2.08. The molecule has 0 heterocycles. The summed E-state index contributed by atoms with van der Waals surface area (Å²) in [7, 11) is 0. The first-order chi connectivity index (χ1) is 7.70. The fourth-order valence-electron chi connectivity index (χ4n) is 1.38. The van der Waals surface area contributed by atoms with E-state index in [1.54, 1.807) is 0 Å². The molecule has 0 aliphatic carbocycles.